The molecule has 0 heterocycles. The molecule has 0 aliphatic rings. The molecule has 72 valence electrons. The first kappa shape index (κ1) is 11.7. The van der Waals surface area contributed by atoms with E-state index in [1.807, 2.05) is 0 Å². The maximum absolute atomic E-state index is 5.46. The van der Waals surface area contributed by atoms with Gasteiger partial charge < -0.3 is 0 Å². The number of nitrogens with one attached hydrogen (secondary N) is 1. The van der Waals surface area contributed by atoms with Crippen LogP contribution >= 0.6 is 0 Å². The van der Waals surface area contributed by atoms with Gasteiger partial charge in [-0.2, -0.15) is 0 Å². The number of rotatable bonds is 6. The number of hydrogen-bond donors (Lipinski definition) is 2. The molecule has 0 spiro atoms. The summed E-state index contributed by atoms with van der Waals surface area (Å²) in [5.74, 6) is 6.08. The quantitative estimate of drug-likeness (QED) is 0.364. The SMILES string of the molecule is C=C(CC)CC(NN)C(C)CC. The standard InChI is InChI=1S/C10H22N2/c1-5-8(3)7-10(12-11)9(4)6-2/h9-10,12H,3,5-7,11H2,1-2,4H3. The van der Waals surface area contributed by atoms with Gasteiger partial charge in [0.25, 0.3) is 0 Å². The van der Waals surface area contributed by atoms with Crippen molar-refractivity contribution in [3.63, 3.8) is 0 Å². The van der Waals surface area contributed by atoms with Gasteiger partial charge in [-0.15, -0.1) is 0 Å². The average Bonchev–Trinajstić information content (AvgIpc) is 2.12. The largest absolute Gasteiger partial charge is 0.271 e. The van der Waals surface area contributed by atoms with Crippen LogP contribution in [0.3, 0.4) is 0 Å². The fraction of sp³-hybridized carbons (Fsp3) is 0.800. The lowest BCUT2D eigenvalue weighted by molar-refractivity contribution is 0.368. The molecule has 0 radical (unpaired) electrons. The van der Waals surface area contributed by atoms with E-state index in [0.29, 0.717) is 12.0 Å². The van der Waals surface area contributed by atoms with Crippen molar-refractivity contribution < 1.29 is 0 Å². The zero-order chi connectivity index (χ0) is 9.56. The highest BCUT2D eigenvalue weighted by Crippen LogP contribution is 2.15. The van der Waals surface area contributed by atoms with Gasteiger partial charge in [-0.05, 0) is 18.8 Å². The molecule has 0 aromatic carbocycles. The van der Waals surface area contributed by atoms with E-state index in [9.17, 15) is 0 Å². The van der Waals surface area contributed by atoms with Crippen molar-refractivity contribution in [1.82, 2.24) is 5.43 Å². The zero-order valence-corrected chi connectivity index (χ0v) is 8.56. The molecule has 2 atom stereocenters. The average molecular weight is 170 g/mol. The lowest BCUT2D eigenvalue weighted by atomic mass is 9.93. The summed E-state index contributed by atoms with van der Waals surface area (Å²) in [5.41, 5.74) is 4.13. The highest BCUT2D eigenvalue weighted by Gasteiger charge is 2.13. The lowest BCUT2D eigenvalue weighted by Gasteiger charge is -2.22. The molecule has 2 unspecified atom stereocenters. The van der Waals surface area contributed by atoms with E-state index in [1.54, 1.807) is 0 Å². The molecule has 0 aromatic heterocycles. The molecule has 0 saturated heterocycles. The molecule has 2 nitrogen and oxygen atoms in total. The Morgan fingerprint density at radius 2 is 2.08 bits per heavy atom. The molecule has 2 heteroatoms. The van der Waals surface area contributed by atoms with E-state index >= 15 is 0 Å². The Kier molecular flexibility index (Phi) is 6.03. The first-order valence-electron chi connectivity index (χ1n) is 4.78. The van der Waals surface area contributed by atoms with Crippen LogP contribution in [0.5, 0.6) is 0 Å². The first-order valence-corrected chi connectivity index (χ1v) is 4.78. The number of hydrazine groups is 1. The molecule has 0 saturated carbocycles. The summed E-state index contributed by atoms with van der Waals surface area (Å²) in [4.78, 5) is 0. The van der Waals surface area contributed by atoms with Gasteiger partial charge in [-0.1, -0.05) is 39.3 Å². The van der Waals surface area contributed by atoms with Gasteiger partial charge in [-0.3, -0.25) is 11.3 Å². The Morgan fingerprint density at radius 1 is 1.50 bits per heavy atom. The maximum Gasteiger partial charge on any atom is 0.0273 e. The first-order chi connectivity index (χ1) is 5.65. The van der Waals surface area contributed by atoms with Crippen LogP contribution < -0.4 is 11.3 Å². The minimum atomic E-state index is 0.391. The minimum absolute atomic E-state index is 0.391. The molecule has 0 rings (SSSR count). The monoisotopic (exact) mass is 170 g/mol. The second kappa shape index (κ2) is 6.21. The smallest absolute Gasteiger partial charge is 0.0273 e. The van der Waals surface area contributed by atoms with Gasteiger partial charge >= 0.3 is 0 Å². The van der Waals surface area contributed by atoms with E-state index in [2.05, 4.69) is 32.8 Å². The van der Waals surface area contributed by atoms with Crippen molar-refractivity contribution in [2.24, 2.45) is 11.8 Å². The summed E-state index contributed by atoms with van der Waals surface area (Å²) < 4.78 is 0. The highest BCUT2D eigenvalue weighted by atomic mass is 15.2. The van der Waals surface area contributed by atoms with Gasteiger partial charge in [0, 0.05) is 6.04 Å². The van der Waals surface area contributed by atoms with Gasteiger partial charge in [0.2, 0.25) is 0 Å². The topological polar surface area (TPSA) is 38.0 Å². The Morgan fingerprint density at radius 3 is 2.42 bits per heavy atom. The van der Waals surface area contributed by atoms with Gasteiger partial charge in [0.15, 0.2) is 0 Å². The fourth-order valence-electron chi connectivity index (χ4n) is 1.16. The van der Waals surface area contributed by atoms with Crippen LogP contribution in [-0.2, 0) is 0 Å². The summed E-state index contributed by atoms with van der Waals surface area (Å²) >= 11 is 0. The van der Waals surface area contributed by atoms with Gasteiger partial charge in [-0.25, -0.2) is 0 Å². The Labute approximate surface area is 76.2 Å². The van der Waals surface area contributed by atoms with Crippen molar-refractivity contribution in [2.75, 3.05) is 0 Å². The predicted octanol–water partition coefficient (Wildman–Crippen LogP) is 2.22. The van der Waals surface area contributed by atoms with Gasteiger partial charge in [0.05, 0.1) is 0 Å². The molecule has 0 fully saturated rings. The molecule has 0 bridgehead atoms. The van der Waals surface area contributed by atoms with E-state index < -0.39 is 0 Å². The molecular weight excluding hydrogens is 148 g/mol. The number of nitrogens with two attached hydrogens (primary N) is 1. The van der Waals surface area contributed by atoms with Crippen molar-refractivity contribution in [3.8, 4) is 0 Å². The summed E-state index contributed by atoms with van der Waals surface area (Å²) in [7, 11) is 0. The van der Waals surface area contributed by atoms with Crippen LogP contribution in [0, 0.1) is 5.92 Å². The Balaban J connectivity index is 3.90. The Bertz CT molecular complexity index is 132. The zero-order valence-electron chi connectivity index (χ0n) is 8.56. The lowest BCUT2D eigenvalue weighted by Crippen LogP contribution is -2.39. The second-order valence-corrected chi connectivity index (χ2v) is 3.47. The normalized spacial score (nSPS) is 15.7. The summed E-state index contributed by atoms with van der Waals surface area (Å²) in [5, 5.41) is 0. The van der Waals surface area contributed by atoms with Crippen molar-refractivity contribution in [2.45, 2.75) is 46.1 Å². The van der Waals surface area contributed by atoms with E-state index in [-0.39, 0.29) is 0 Å². The van der Waals surface area contributed by atoms with Crippen LogP contribution in [0.1, 0.15) is 40.0 Å². The molecular formula is C10H22N2. The number of hydrogen-bond acceptors (Lipinski definition) is 2. The van der Waals surface area contributed by atoms with Crippen LogP contribution in [0.2, 0.25) is 0 Å². The second-order valence-electron chi connectivity index (χ2n) is 3.47. The van der Waals surface area contributed by atoms with Gasteiger partial charge in [0.1, 0.15) is 0 Å². The molecule has 3 N–H and O–H groups in total. The van der Waals surface area contributed by atoms with Crippen LogP contribution in [0.4, 0.5) is 0 Å². The van der Waals surface area contributed by atoms with Crippen LogP contribution in [0.15, 0.2) is 12.2 Å². The van der Waals surface area contributed by atoms with E-state index in [4.69, 9.17) is 5.84 Å². The molecule has 0 aromatic rings. The van der Waals surface area contributed by atoms with E-state index in [1.165, 1.54) is 5.57 Å². The summed E-state index contributed by atoms with van der Waals surface area (Å²) in [6.45, 7) is 10.5. The molecule has 12 heavy (non-hydrogen) atoms. The summed E-state index contributed by atoms with van der Waals surface area (Å²) in [6.07, 6.45) is 3.21. The Hall–Kier alpha value is -0.340. The third kappa shape index (κ3) is 3.88. The predicted molar refractivity (Wildman–Crippen MR) is 54.6 cm³/mol. The fourth-order valence-corrected chi connectivity index (χ4v) is 1.16. The third-order valence-electron chi connectivity index (χ3n) is 2.55. The van der Waals surface area contributed by atoms with Crippen LogP contribution in [0.25, 0.3) is 0 Å². The van der Waals surface area contributed by atoms with E-state index in [0.717, 1.165) is 19.3 Å². The summed E-state index contributed by atoms with van der Waals surface area (Å²) in [6, 6.07) is 0.391. The van der Waals surface area contributed by atoms with Crippen molar-refractivity contribution in [3.05, 3.63) is 12.2 Å². The maximum atomic E-state index is 5.46. The highest BCUT2D eigenvalue weighted by molar-refractivity contribution is 4.97. The van der Waals surface area contributed by atoms with Crippen molar-refractivity contribution >= 4 is 0 Å². The minimum Gasteiger partial charge on any atom is -0.271 e. The molecule has 0 amide bonds. The molecule has 0 aliphatic heterocycles. The van der Waals surface area contributed by atoms with Crippen LogP contribution in [-0.4, -0.2) is 6.04 Å². The molecule has 0 aliphatic carbocycles. The van der Waals surface area contributed by atoms with Crippen molar-refractivity contribution in [1.29, 1.82) is 0 Å². The third-order valence-corrected chi connectivity index (χ3v) is 2.55.